The van der Waals surface area contributed by atoms with Crippen molar-refractivity contribution in [3.63, 3.8) is 0 Å². The van der Waals surface area contributed by atoms with Crippen LogP contribution in [0.2, 0.25) is 0 Å². The normalized spacial score (nSPS) is 20.6. The van der Waals surface area contributed by atoms with E-state index in [1.807, 2.05) is 7.11 Å². The van der Waals surface area contributed by atoms with Gasteiger partial charge < -0.3 is 10.1 Å². The van der Waals surface area contributed by atoms with Crippen LogP contribution in [0.15, 0.2) is 5.38 Å². The fourth-order valence-corrected chi connectivity index (χ4v) is 4.20. The zero-order valence-electron chi connectivity index (χ0n) is 13.1. The molecule has 1 aromatic rings. The maximum absolute atomic E-state index is 6.07. The fraction of sp³-hybridized carbons (Fsp3) is 0.812. The van der Waals surface area contributed by atoms with Crippen LogP contribution in [-0.2, 0) is 11.2 Å². The Bertz CT molecular complexity index is 397. The number of nitrogens with zero attached hydrogens (tertiary/aromatic N) is 1. The molecule has 0 spiro atoms. The van der Waals surface area contributed by atoms with Gasteiger partial charge in [0, 0.05) is 30.6 Å². The minimum Gasteiger partial charge on any atom is -0.377 e. The predicted molar refractivity (Wildman–Crippen MR) is 85.5 cm³/mol. The third-order valence-corrected chi connectivity index (χ3v) is 5.48. The lowest BCUT2D eigenvalue weighted by molar-refractivity contribution is -0.0523. The van der Waals surface area contributed by atoms with E-state index >= 15 is 0 Å². The highest BCUT2D eigenvalue weighted by molar-refractivity contribution is 7.09. The van der Waals surface area contributed by atoms with Gasteiger partial charge in [-0.3, -0.25) is 0 Å². The van der Waals surface area contributed by atoms with Crippen LogP contribution < -0.4 is 5.32 Å². The first kappa shape index (κ1) is 15.9. The number of rotatable bonds is 6. The number of aromatic nitrogens is 1. The van der Waals surface area contributed by atoms with Crippen molar-refractivity contribution < 1.29 is 4.74 Å². The largest absolute Gasteiger partial charge is 0.377 e. The number of hydrogen-bond donors (Lipinski definition) is 1. The highest BCUT2D eigenvalue weighted by atomic mass is 32.1. The molecular weight excluding hydrogens is 268 g/mol. The number of thiazole rings is 1. The van der Waals surface area contributed by atoms with Crippen molar-refractivity contribution in [2.75, 3.05) is 13.7 Å². The molecule has 1 aromatic heterocycles. The summed E-state index contributed by atoms with van der Waals surface area (Å²) in [7, 11) is 1.89. The summed E-state index contributed by atoms with van der Waals surface area (Å²) in [6.07, 6.45) is 8.59. The Morgan fingerprint density at radius 2 is 2.05 bits per heavy atom. The molecule has 0 amide bonds. The number of hydrogen-bond acceptors (Lipinski definition) is 4. The standard InChI is InChI=1S/C16H28N2OS/c1-4-17-14(11-15-18-13(2)12-20-15)16(19-3)9-7-5-6-8-10-16/h12,14,17H,4-11H2,1-3H3. The lowest BCUT2D eigenvalue weighted by atomic mass is 9.84. The van der Waals surface area contributed by atoms with Gasteiger partial charge in [0.15, 0.2) is 0 Å². The Labute approximate surface area is 127 Å². The summed E-state index contributed by atoms with van der Waals surface area (Å²) in [4.78, 5) is 4.64. The number of ether oxygens (including phenoxy) is 1. The Morgan fingerprint density at radius 1 is 1.35 bits per heavy atom. The second-order valence-electron chi connectivity index (χ2n) is 5.88. The molecule has 0 aliphatic heterocycles. The van der Waals surface area contributed by atoms with Gasteiger partial charge in [-0.05, 0) is 26.3 Å². The molecule has 1 unspecified atom stereocenters. The summed E-state index contributed by atoms with van der Waals surface area (Å²) in [5.41, 5.74) is 1.12. The van der Waals surface area contributed by atoms with E-state index in [1.54, 1.807) is 11.3 Å². The van der Waals surface area contributed by atoms with Crippen LogP contribution >= 0.6 is 11.3 Å². The second-order valence-corrected chi connectivity index (χ2v) is 6.82. The third-order valence-electron chi connectivity index (χ3n) is 4.49. The van der Waals surface area contributed by atoms with E-state index in [-0.39, 0.29) is 5.60 Å². The van der Waals surface area contributed by atoms with E-state index in [2.05, 4.69) is 29.5 Å². The molecule has 1 fully saturated rings. The van der Waals surface area contributed by atoms with E-state index in [1.165, 1.54) is 43.5 Å². The van der Waals surface area contributed by atoms with E-state index in [9.17, 15) is 0 Å². The summed E-state index contributed by atoms with van der Waals surface area (Å²) >= 11 is 1.78. The van der Waals surface area contributed by atoms with Crippen LogP contribution in [0, 0.1) is 6.92 Å². The molecule has 1 heterocycles. The van der Waals surface area contributed by atoms with Crippen molar-refractivity contribution in [3.8, 4) is 0 Å². The van der Waals surface area contributed by atoms with Gasteiger partial charge in [-0.25, -0.2) is 4.98 Å². The van der Waals surface area contributed by atoms with Gasteiger partial charge in [-0.2, -0.15) is 0 Å². The van der Waals surface area contributed by atoms with Gasteiger partial charge in [0.1, 0.15) is 0 Å². The summed E-state index contributed by atoms with van der Waals surface area (Å²) < 4.78 is 6.07. The first-order valence-electron chi connectivity index (χ1n) is 7.90. The zero-order chi connectivity index (χ0) is 14.4. The monoisotopic (exact) mass is 296 g/mol. The van der Waals surface area contributed by atoms with E-state index in [4.69, 9.17) is 4.74 Å². The molecule has 0 bridgehead atoms. The van der Waals surface area contributed by atoms with Crippen LogP contribution in [0.5, 0.6) is 0 Å². The van der Waals surface area contributed by atoms with Gasteiger partial charge in [-0.15, -0.1) is 11.3 Å². The fourth-order valence-electron chi connectivity index (χ4n) is 3.38. The Morgan fingerprint density at radius 3 is 2.55 bits per heavy atom. The topological polar surface area (TPSA) is 34.2 Å². The lowest BCUT2D eigenvalue weighted by Gasteiger charge is -2.39. The van der Waals surface area contributed by atoms with Gasteiger partial charge in [-0.1, -0.05) is 32.6 Å². The maximum Gasteiger partial charge on any atom is 0.0944 e. The van der Waals surface area contributed by atoms with E-state index in [0.717, 1.165) is 18.7 Å². The zero-order valence-corrected chi connectivity index (χ0v) is 13.9. The molecule has 0 saturated heterocycles. The number of methoxy groups -OCH3 is 1. The van der Waals surface area contributed by atoms with Gasteiger partial charge >= 0.3 is 0 Å². The van der Waals surface area contributed by atoms with Crippen LogP contribution in [-0.4, -0.2) is 30.3 Å². The molecule has 4 heteroatoms. The Kier molecular flexibility index (Phi) is 6.00. The van der Waals surface area contributed by atoms with Crippen molar-refractivity contribution in [1.82, 2.24) is 10.3 Å². The number of likely N-dealkylation sites (N-methyl/N-ethyl adjacent to an activating group) is 1. The summed E-state index contributed by atoms with van der Waals surface area (Å²) in [6, 6.07) is 0.376. The first-order chi connectivity index (χ1) is 9.70. The maximum atomic E-state index is 6.07. The third kappa shape index (κ3) is 3.80. The van der Waals surface area contributed by atoms with Crippen molar-refractivity contribution >= 4 is 11.3 Å². The van der Waals surface area contributed by atoms with Crippen molar-refractivity contribution in [2.45, 2.75) is 70.4 Å². The SMILES string of the molecule is CCNC(Cc1nc(C)cs1)C1(OC)CCCCCC1. The Balaban J connectivity index is 2.15. The summed E-state index contributed by atoms with van der Waals surface area (Å²) in [6.45, 7) is 5.24. The van der Waals surface area contributed by atoms with Gasteiger partial charge in [0.25, 0.3) is 0 Å². The average Bonchev–Trinajstić information content (AvgIpc) is 2.72. The van der Waals surface area contributed by atoms with E-state index in [0.29, 0.717) is 6.04 Å². The molecule has 20 heavy (non-hydrogen) atoms. The minimum absolute atomic E-state index is 0.00785. The molecular formula is C16H28N2OS. The summed E-state index contributed by atoms with van der Waals surface area (Å²) in [5.74, 6) is 0. The molecule has 114 valence electrons. The highest BCUT2D eigenvalue weighted by Gasteiger charge is 2.39. The van der Waals surface area contributed by atoms with Gasteiger partial charge in [0.2, 0.25) is 0 Å². The second kappa shape index (κ2) is 7.53. The van der Waals surface area contributed by atoms with Crippen LogP contribution in [0.3, 0.4) is 0 Å². The van der Waals surface area contributed by atoms with Crippen LogP contribution in [0.25, 0.3) is 0 Å². The van der Waals surface area contributed by atoms with Crippen LogP contribution in [0.4, 0.5) is 0 Å². The predicted octanol–water partition coefficient (Wildman–Crippen LogP) is 3.71. The van der Waals surface area contributed by atoms with Crippen molar-refractivity contribution in [1.29, 1.82) is 0 Å². The molecule has 1 atom stereocenters. The molecule has 1 N–H and O–H groups in total. The number of nitrogens with one attached hydrogen (secondary N) is 1. The minimum atomic E-state index is -0.00785. The van der Waals surface area contributed by atoms with Crippen molar-refractivity contribution in [2.24, 2.45) is 0 Å². The quantitative estimate of drug-likeness (QED) is 0.813. The van der Waals surface area contributed by atoms with Crippen LogP contribution in [0.1, 0.15) is 56.2 Å². The number of aryl methyl sites for hydroxylation is 1. The summed E-state index contributed by atoms with van der Waals surface area (Å²) in [5, 5.41) is 7.05. The molecule has 2 rings (SSSR count). The molecule has 1 saturated carbocycles. The molecule has 3 nitrogen and oxygen atoms in total. The van der Waals surface area contributed by atoms with E-state index < -0.39 is 0 Å². The smallest absolute Gasteiger partial charge is 0.0944 e. The van der Waals surface area contributed by atoms with Crippen molar-refractivity contribution in [3.05, 3.63) is 16.1 Å². The lowest BCUT2D eigenvalue weighted by Crippen LogP contribution is -2.53. The molecule has 1 aliphatic carbocycles. The Hall–Kier alpha value is -0.450. The first-order valence-corrected chi connectivity index (χ1v) is 8.77. The molecule has 0 aromatic carbocycles. The molecule has 1 aliphatic rings. The van der Waals surface area contributed by atoms with Gasteiger partial charge in [0.05, 0.1) is 10.6 Å². The average molecular weight is 296 g/mol. The highest BCUT2D eigenvalue weighted by Crippen LogP contribution is 2.34. The molecule has 0 radical (unpaired) electrons.